The number of rotatable bonds is 9. The Morgan fingerprint density at radius 1 is 1.19 bits per heavy atom. The van der Waals surface area contributed by atoms with Crippen LogP contribution in [0.5, 0.6) is 5.75 Å². The fourth-order valence-electron chi connectivity index (χ4n) is 3.81. The van der Waals surface area contributed by atoms with Crippen LogP contribution < -0.4 is 15.4 Å². The molecule has 3 rings (SSSR count). The van der Waals surface area contributed by atoms with Gasteiger partial charge in [-0.25, -0.2) is 9.98 Å². The first-order chi connectivity index (χ1) is 15.1. The lowest BCUT2D eigenvalue weighted by Crippen LogP contribution is -2.48. The van der Waals surface area contributed by atoms with Crippen molar-refractivity contribution < 1.29 is 9.47 Å². The molecular weight excluding hydrogens is 535 g/mol. The number of hydrogen-bond acceptors (Lipinski definition) is 5. The number of nitrogens with one attached hydrogen (secondary N) is 2. The first-order valence-electron chi connectivity index (χ1n) is 11.3. The molecule has 2 aromatic rings. The van der Waals surface area contributed by atoms with E-state index in [2.05, 4.69) is 61.1 Å². The van der Waals surface area contributed by atoms with Gasteiger partial charge in [0.15, 0.2) is 5.96 Å². The molecule has 0 saturated carbocycles. The number of guanidine groups is 1. The number of hydrogen-bond donors (Lipinski definition) is 2. The largest absolute Gasteiger partial charge is 0.494 e. The second-order valence-electron chi connectivity index (χ2n) is 8.22. The van der Waals surface area contributed by atoms with Gasteiger partial charge in [-0.3, -0.25) is 0 Å². The van der Waals surface area contributed by atoms with Crippen LogP contribution >= 0.6 is 35.3 Å². The van der Waals surface area contributed by atoms with E-state index in [1.54, 1.807) is 11.3 Å². The van der Waals surface area contributed by atoms with Crippen molar-refractivity contribution in [3.63, 3.8) is 0 Å². The third-order valence-electron chi connectivity index (χ3n) is 5.70. The average molecular weight is 573 g/mol. The number of aromatic nitrogens is 1. The minimum atomic E-state index is 0. The summed E-state index contributed by atoms with van der Waals surface area (Å²) in [5.74, 6) is 2.20. The van der Waals surface area contributed by atoms with Crippen LogP contribution in [0, 0.1) is 0 Å². The van der Waals surface area contributed by atoms with Crippen molar-refractivity contribution in [1.29, 1.82) is 0 Å². The van der Waals surface area contributed by atoms with Crippen LogP contribution in [0.25, 0.3) is 0 Å². The summed E-state index contributed by atoms with van der Waals surface area (Å²) < 4.78 is 11.3. The van der Waals surface area contributed by atoms with Gasteiger partial charge in [0.1, 0.15) is 10.8 Å². The Labute approximate surface area is 213 Å². The summed E-state index contributed by atoms with van der Waals surface area (Å²) in [4.78, 5) is 9.50. The van der Waals surface area contributed by atoms with E-state index in [1.807, 2.05) is 6.92 Å². The zero-order valence-corrected chi connectivity index (χ0v) is 22.8. The van der Waals surface area contributed by atoms with Gasteiger partial charge in [0.2, 0.25) is 0 Å². The molecule has 1 aromatic carbocycles. The predicted octanol–water partition coefficient (Wildman–Crippen LogP) is 5.09. The first-order valence-corrected chi connectivity index (χ1v) is 12.2. The Bertz CT molecular complexity index is 833. The fraction of sp³-hybridized carbons (Fsp3) is 0.583. The lowest BCUT2D eigenvalue weighted by molar-refractivity contribution is 0.0513. The molecule has 1 aliphatic heterocycles. The molecule has 178 valence electrons. The maximum atomic E-state index is 5.68. The van der Waals surface area contributed by atoms with Crippen molar-refractivity contribution in [3.05, 3.63) is 45.9 Å². The van der Waals surface area contributed by atoms with E-state index in [9.17, 15) is 0 Å². The number of halogens is 1. The number of nitrogens with zero attached hydrogens (tertiary/aromatic N) is 2. The number of ether oxygens (including phenoxy) is 2. The van der Waals surface area contributed by atoms with Crippen LogP contribution in [0.3, 0.4) is 0 Å². The molecular formula is C24H37IN4O2S. The fourth-order valence-corrected chi connectivity index (χ4v) is 4.68. The van der Waals surface area contributed by atoms with Gasteiger partial charge in [0.25, 0.3) is 0 Å². The van der Waals surface area contributed by atoms with Gasteiger partial charge in [0, 0.05) is 37.1 Å². The Kier molecular flexibility index (Phi) is 11.2. The van der Waals surface area contributed by atoms with Crippen molar-refractivity contribution in [3.8, 4) is 5.75 Å². The van der Waals surface area contributed by atoms with Gasteiger partial charge in [-0.05, 0) is 50.3 Å². The highest BCUT2D eigenvalue weighted by Gasteiger charge is 2.34. The van der Waals surface area contributed by atoms with E-state index in [0.717, 1.165) is 61.6 Å². The third kappa shape index (κ3) is 7.31. The van der Waals surface area contributed by atoms with Crippen molar-refractivity contribution in [2.45, 2.75) is 58.4 Å². The van der Waals surface area contributed by atoms with Gasteiger partial charge < -0.3 is 20.1 Å². The van der Waals surface area contributed by atoms with E-state index >= 15 is 0 Å². The standard InChI is InChI=1S/C24H36N4O2S.HI/c1-5-25-23(26-15-22-28-21(16-31-22)18(3)4)27-17-24(11-13-29-14-12-24)19-7-9-20(10-8-19)30-6-2;/h7-10,16,18H,5-6,11-15,17H2,1-4H3,(H2,25,26,27);1H. The van der Waals surface area contributed by atoms with Crippen molar-refractivity contribution in [1.82, 2.24) is 15.6 Å². The Morgan fingerprint density at radius 3 is 2.50 bits per heavy atom. The van der Waals surface area contributed by atoms with Crippen LogP contribution in [0.15, 0.2) is 34.6 Å². The maximum absolute atomic E-state index is 5.68. The number of aliphatic imine (C=N–C) groups is 1. The van der Waals surface area contributed by atoms with E-state index in [1.165, 1.54) is 5.56 Å². The molecule has 1 aliphatic rings. The minimum Gasteiger partial charge on any atom is -0.494 e. The van der Waals surface area contributed by atoms with Crippen LogP contribution in [0.1, 0.15) is 62.7 Å². The third-order valence-corrected chi connectivity index (χ3v) is 6.55. The van der Waals surface area contributed by atoms with Crippen molar-refractivity contribution in [2.24, 2.45) is 4.99 Å². The Hall–Kier alpha value is -1.39. The molecule has 1 aromatic heterocycles. The quantitative estimate of drug-likeness (QED) is 0.249. The summed E-state index contributed by atoms with van der Waals surface area (Å²) in [5, 5.41) is 10.2. The Morgan fingerprint density at radius 2 is 1.91 bits per heavy atom. The Balaban J connectivity index is 0.00000363. The van der Waals surface area contributed by atoms with E-state index < -0.39 is 0 Å². The average Bonchev–Trinajstić information content (AvgIpc) is 3.27. The molecule has 0 amide bonds. The molecule has 0 atom stereocenters. The van der Waals surface area contributed by atoms with Gasteiger partial charge in [0.05, 0.1) is 18.8 Å². The lowest BCUT2D eigenvalue weighted by atomic mass is 9.74. The highest BCUT2D eigenvalue weighted by atomic mass is 127. The van der Waals surface area contributed by atoms with Gasteiger partial charge in [-0.15, -0.1) is 35.3 Å². The summed E-state index contributed by atoms with van der Waals surface area (Å²) in [5.41, 5.74) is 2.49. The molecule has 8 heteroatoms. The SMILES string of the molecule is CCNC(=NCc1nc(C(C)C)cs1)NCC1(c2ccc(OCC)cc2)CCOCC1.I. The summed E-state index contributed by atoms with van der Waals surface area (Å²) in [6, 6.07) is 8.55. The monoisotopic (exact) mass is 572 g/mol. The molecule has 6 nitrogen and oxygen atoms in total. The summed E-state index contributed by atoms with van der Waals surface area (Å²) in [6.45, 7) is 12.9. The highest BCUT2D eigenvalue weighted by Crippen LogP contribution is 2.35. The first kappa shape index (κ1) is 26.9. The van der Waals surface area contributed by atoms with Gasteiger partial charge >= 0.3 is 0 Å². The second-order valence-corrected chi connectivity index (χ2v) is 9.16. The van der Waals surface area contributed by atoms with Crippen LogP contribution in [-0.2, 0) is 16.7 Å². The molecule has 0 aliphatic carbocycles. The molecule has 1 fully saturated rings. The summed E-state index contributed by atoms with van der Waals surface area (Å²) >= 11 is 1.68. The van der Waals surface area contributed by atoms with E-state index in [-0.39, 0.29) is 29.4 Å². The molecule has 2 heterocycles. The normalized spacial score (nSPS) is 15.8. The molecule has 2 N–H and O–H groups in total. The zero-order valence-electron chi connectivity index (χ0n) is 19.6. The molecule has 0 spiro atoms. The molecule has 1 saturated heterocycles. The maximum Gasteiger partial charge on any atom is 0.191 e. The minimum absolute atomic E-state index is 0. The van der Waals surface area contributed by atoms with Gasteiger partial charge in [-0.2, -0.15) is 0 Å². The zero-order chi connectivity index (χ0) is 22.1. The van der Waals surface area contributed by atoms with E-state index in [4.69, 9.17) is 19.5 Å². The highest BCUT2D eigenvalue weighted by molar-refractivity contribution is 14.0. The second kappa shape index (κ2) is 13.3. The van der Waals surface area contributed by atoms with Crippen LogP contribution in [0.2, 0.25) is 0 Å². The number of benzene rings is 1. The molecule has 0 unspecified atom stereocenters. The molecule has 0 radical (unpaired) electrons. The topological polar surface area (TPSA) is 67.8 Å². The molecule has 32 heavy (non-hydrogen) atoms. The number of thiazole rings is 1. The molecule has 0 bridgehead atoms. The van der Waals surface area contributed by atoms with Crippen molar-refractivity contribution >= 4 is 41.3 Å². The smallest absolute Gasteiger partial charge is 0.191 e. The van der Waals surface area contributed by atoms with Crippen LogP contribution in [0.4, 0.5) is 0 Å². The summed E-state index contributed by atoms with van der Waals surface area (Å²) in [6.07, 6.45) is 1.97. The lowest BCUT2D eigenvalue weighted by Gasteiger charge is -2.38. The van der Waals surface area contributed by atoms with E-state index in [0.29, 0.717) is 19.1 Å². The van der Waals surface area contributed by atoms with Crippen LogP contribution in [-0.4, -0.2) is 43.9 Å². The summed E-state index contributed by atoms with van der Waals surface area (Å²) in [7, 11) is 0. The van der Waals surface area contributed by atoms with Crippen molar-refractivity contribution in [2.75, 3.05) is 32.9 Å². The predicted molar refractivity (Wildman–Crippen MR) is 144 cm³/mol. The van der Waals surface area contributed by atoms with Gasteiger partial charge in [-0.1, -0.05) is 26.0 Å².